The lowest BCUT2D eigenvalue weighted by molar-refractivity contribution is -0.385. The van der Waals surface area contributed by atoms with Gasteiger partial charge in [0.2, 0.25) is 0 Å². The van der Waals surface area contributed by atoms with Crippen LogP contribution in [0, 0.1) is 15.9 Å². The third kappa shape index (κ3) is 3.16. The van der Waals surface area contributed by atoms with E-state index in [1.165, 1.54) is 30.7 Å². The van der Waals surface area contributed by atoms with E-state index in [2.05, 4.69) is 20.3 Å². The van der Waals surface area contributed by atoms with E-state index in [-0.39, 0.29) is 0 Å². The number of nitro benzene ring substituents is 1. The molecule has 0 fully saturated rings. The first kappa shape index (κ1) is 17.3. The Morgan fingerprint density at radius 2 is 1.89 bits per heavy atom. The Morgan fingerprint density at radius 3 is 2.68 bits per heavy atom. The molecule has 0 aliphatic rings. The van der Waals surface area contributed by atoms with E-state index in [9.17, 15) is 19.6 Å². The minimum atomic E-state index is -0.686. The number of pyridine rings is 1. The Labute approximate surface area is 157 Å². The van der Waals surface area contributed by atoms with E-state index >= 15 is 0 Å². The van der Waals surface area contributed by atoms with E-state index < -0.39 is 22.2 Å². The molecule has 2 N–H and O–H groups in total. The second-order valence-electron chi connectivity index (χ2n) is 5.87. The fraction of sp³-hybridized carbons (Fsp3) is 0. The fourth-order valence-electron chi connectivity index (χ4n) is 2.79. The van der Waals surface area contributed by atoms with Gasteiger partial charge in [-0.05, 0) is 24.3 Å². The number of nitrogens with one attached hydrogen (secondary N) is 1. The summed E-state index contributed by atoms with van der Waals surface area (Å²) in [6.07, 6.45) is 2.79. The number of nitro groups is 1. The number of aromatic hydroxyl groups is 1. The highest BCUT2D eigenvalue weighted by molar-refractivity contribution is 5.93. The zero-order valence-corrected chi connectivity index (χ0v) is 14.2. The molecule has 0 atom stereocenters. The summed E-state index contributed by atoms with van der Waals surface area (Å²) in [6, 6.07) is 12.0. The van der Waals surface area contributed by atoms with Crippen molar-refractivity contribution in [2.24, 2.45) is 0 Å². The number of benzene rings is 2. The summed E-state index contributed by atoms with van der Waals surface area (Å²) in [6.45, 7) is 0. The summed E-state index contributed by atoms with van der Waals surface area (Å²) >= 11 is 0. The van der Waals surface area contributed by atoms with Gasteiger partial charge < -0.3 is 10.4 Å². The minimum Gasteiger partial charge on any atom is -0.502 e. The number of halogens is 1. The molecule has 0 saturated carbocycles. The van der Waals surface area contributed by atoms with Gasteiger partial charge in [-0.15, -0.1) is 0 Å². The van der Waals surface area contributed by atoms with E-state index in [0.29, 0.717) is 33.7 Å². The van der Waals surface area contributed by atoms with Crippen LogP contribution in [0.25, 0.3) is 22.2 Å². The van der Waals surface area contributed by atoms with Gasteiger partial charge in [-0.3, -0.25) is 15.1 Å². The lowest BCUT2D eigenvalue weighted by Gasteiger charge is -2.10. The number of phenolic OH excluding ortho intramolecular Hbond substituents is 1. The van der Waals surface area contributed by atoms with Crippen molar-refractivity contribution in [3.05, 3.63) is 77.0 Å². The van der Waals surface area contributed by atoms with Crippen LogP contribution in [0.2, 0.25) is 0 Å². The van der Waals surface area contributed by atoms with Crippen molar-refractivity contribution in [1.29, 1.82) is 0 Å². The lowest BCUT2D eigenvalue weighted by Crippen LogP contribution is -1.98. The van der Waals surface area contributed by atoms with Crippen LogP contribution in [0.5, 0.6) is 5.75 Å². The maximum atomic E-state index is 14.0. The van der Waals surface area contributed by atoms with Gasteiger partial charge in [-0.2, -0.15) is 0 Å². The molecule has 8 nitrogen and oxygen atoms in total. The SMILES string of the molecule is O=[N+]([O-])c1cc2c(Nc3ccnc(-c4ccccc4F)c3)ncnc2cc1O. The zero-order valence-electron chi connectivity index (χ0n) is 14.2. The minimum absolute atomic E-state index is 0.304. The first-order valence-corrected chi connectivity index (χ1v) is 8.13. The van der Waals surface area contributed by atoms with Gasteiger partial charge in [0, 0.05) is 29.6 Å². The van der Waals surface area contributed by atoms with Crippen molar-refractivity contribution in [2.45, 2.75) is 0 Å². The average Bonchev–Trinajstić information content (AvgIpc) is 2.68. The molecule has 0 aliphatic carbocycles. The summed E-state index contributed by atoms with van der Waals surface area (Å²) in [5, 5.41) is 24.3. The van der Waals surface area contributed by atoms with Crippen molar-refractivity contribution in [3.8, 4) is 17.0 Å². The summed E-state index contributed by atoms with van der Waals surface area (Å²) in [5.41, 5.74) is 1.21. The smallest absolute Gasteiger partial charge is 0.311 e. The van der Waals surface area contributed by atoms with Crippen LogP contribution in [-0.2, 0) is 0 Å². The normalized spacial score (nSPS) is 10.8. The second-order valence-corrected chi connectivity index (χ2v) is 5.87. The molecule has 4 rings (SSSR count). The van der Waals surface area contributed by atoms with Crippen molar-refractivity contribution >= 4 is 28.1 Å². The van der Waals surface area contributed by atoms with Crippen LogP contribution in [0.1, 0.15) is 0 Å². The maximum Gasteiger partial charge on any atom is 0.311 e. The molecule has 2 heterocycles. The Morgan fingerprint density at radius 1 is 1.07 bits per heavy atom. The van der Waals surface area contributed by atoms with Crippen molar-refractivity contribution in [3.63, 3.8) is 0 Å². The Kier molecular flexibility index (Phi) is 4.24. The molecule has 0 unspecified atom stereocenters. The highest BCUT2D eigenvalue weighted by atomic mass is 19.1. The van der Waals surface area contributed by atoms with Gasteiger partial charge in [0.25, 0.3) is 0 Å². The number of nitrogens with zero attached hydrogens (tertiary/aromatic N) is 4. The van der Waals surface area contributed by atoms with Crippen LogP contribution in [0.4, 0.5) is 21.6 Å². The molecular formula is C19H12FN5O3. The van der Waals surface area contributed by atoms with Crippen molar-refractivity contribution in [1.82, 2.24) is 15.0 Å². The molecular weight excluding hydrogens is 365 g/mol. The van der Waals surface area contributed by atoms with Crippen LogP contribution in [0.15, 0.2) is 61.1 Å². The maximum absolute atomic E-state index is 14.0. The fourth-order valence-corrected chi connectivity index (χ4v) is 2.79. The highest BCUT2D eigenvalue weighted by Crippen LogP contribution is 2.34. The van der Waals surface area contributed by atoms with Crippen LogP contribution in [-0.4, -0.2) is 25.0 Å². The molecule has 4 aromatic rings. The number of hydrogen-bond donors (Lipinski definition) is 2. The van der Waals surface area contributed by atoms with Gasteiger partial charge in [0.05, 0.1) is 21.5 Å². The predicted octanol–water partition coefficient (Wildman–Crippen LogP) is 4.19. The van der Waals surface area contributed by atoms with Crippen LogP contribution >= 0.6 is 0 Å². The second kappa shape index (κ2) is 6.88. The molecule has 138 valence electrons. The Bertz CT molecular complexity index is 1220. The molecule has 9 heteroatoms. The quantitative estimate of drug-likeness (QED) is 0.405. The third-order valence-corrected chi connectivity index (χ3v) is 4.10. The molecule has 0 bridgehead atoms. The third-order valence-electron chi connectivity index (χ3n) is 4.10. The number of fused-ring (bicyclic) bond motifs is 1. The molecule has 0 aliphatic heterocycles. The molecule has 0 radical (unpaired) electrons. The summed E-state index contributed by atoms with van der Waals surface area (Å²) in [4.78, 5) is 22.8. The van der Waals surface area contributed by atoms with E-state index in [1.54, 1.807) is 30.3 Å². The first-order valence-electron chi connectivity index (χ1n) is 8.13. The van der Waals surface area contributed by atoms with Gasteiger partial charge in [-0.25, -0.2) is 14.4 Å². The molecule has 0 saturated heterocycles. The molecule has 2 aromatic carbocycles. The van der Waals surface area contributed by atoms with E-state index in [0.717, 1.165) is 0 Å². The summed E-state index contributed by atoms with van der Waals surface area (Å²) in [7, 11) is 0. The lowest BCUT2D eigenvalue weighted by atomic mass is 10.1. The number of hydrogen-bond acceptors (Lipinski definition) is 7. The predicted molar refractivity (Wildman–Crippen MR) is 101 cm³/mol. The van der Waals surface area contributed by atoms with E-state index in [1.807, 2.05) is 0 Å². The van der Waals surface area contributed by atoms with Gasteiger partial charge >= 0.3 is 5.69 Å². The average molecular weight is 377 g/mol. The zero-order chi connectivity index (χ0) is 19.7. The standard InChI is InChI=1S/C19H12FN5O3/c20-14-4-2-1-3-12(14)15-7-11(5-6-21-15)24-19-13-8-17(25(27)28)18(26)9-16(13)22-10-23-19/h1-10,26H,(H,21,22,23,24). The summed E-state index contributed by atoms with van der Waals surface area (Å²) in [5.74, 6) is -0.572. The van der Waals surface area contributed by atoms with Crippen molar-refractivity contribution < 1.29 is 14.4 Å². The largest absolute Gasteiger partial charge is 0.502 e. The number of phenols is 1. The number of anilines is 2. The molecule has 0 amide bonds. The Balaban J connectivity index is 1.77. The van der Waals surface area contributed by atoms with Crippen LogP contribution < -0.4 is 5.32 Å². The van der Waals surface area contributed by atoms with Gasteiger partial charge in [0.1, 0.15) is 18.0 Å². The van der Waals surface area contributed by atoms with Gasteiger partial charge in [-0.1, -0.05) is 12.1 Å². The Hall–Kier alpha value is -4.14. The number of rotatable bonds is 4. The monoisotopic (exact) mass is 377 g/mol. The van der Waals surface area contributed by atoms with Crippen LogP contribution in [0.3, 0.4) is 0 Å². The van der Waals surface area contributed by atoms with Gasteiger partial charge in [0.15, 0.2) is 5.75 Å². The molecule has 2 aromatic heterocycles. The van der Waals surface area contributed by atoms with E-state index in [4.69, 9.17) is 0 Å². The topological polar surface area (TPSA) is 114 Å². The number of aromatic nitrogens is 3. The molecule has 28 heavy (non-hydrogen) atoms. The van der Waals surface area contributed by atoms with Crippen molar-refractivity contribution in [2.75, 3.05) is 5.32 Å². The highest BCUT2D eigenvalue weighted by Gasteiger charge is 2.17. The summed E-state index contributed by atoms with van der Waals surface area (Å²) < 4.78 is 14.0. The first-order chi connectivity index (χ1) is 13.5. The molecule has 0 spiro atoms.